The molecule has 1 fully saturated rings. The van der Waals surface area contributed by atoms with E-state index in [0.29, 0.717) is 23.9 Å². The normalized spacial score (nSPS) is 19.6. The van der Waals surface area contributed by atoms with Crippen molar-refractivity contribution < 1.29 is 4.39 Å². The third-order valence-electron chi connectivity index (χ3n) is 4.89. The Hall–Kier alpha value is -1.17. The predicted octanol–water partition coefficient (Wildman–Crippen LogP) is 7.95. The quantitative estimate of drug-likeness (QED) is 0.429. The molecule has 1 aliphatic carbocycles. The van der Waals surface area contributed by atoms with Crippen LogP contribution >= 0.6 is 34.3 Å². The minimum atomic E-state index is -0.670. The Balaban J connectivity index is 0.00000102. The lowest BCUT2D eigenvalue weighted by Gasteiger charge is -2.24. The van der Waals surface area contributed by atoms with Crippen LogP contribution in [0.3, 0.4) is 0 Å². The number of nitrogens with one attached hydrogen (secondary N) is 1. The molecule has 27 heavy (non-hydrogen) atoms. The summed E-state index contributed by atoms with van der Waals surface area (Å²) >= 11 is 9.76. The second-order valence-corrected chi connectivity index (χ2v) is 9.13. The SMILES string of the molecule is CC.Cc1c(C2CCCC(F)C2)sc2c(NCc3cccs3)cc(Cl)nc12. The predicted molar refractivity (Wildman–Crippen MR) is 118 cm³/mol. The summed E-state index contributed by atoms with van der Waals surface area (Å²) in [4.78, 5) is 7.12. The summed E-state index contributed by atoms with van der Waals surface area (Å²) in [6.07, 6.45) is 2.71. The van der Waals surface area contributed by atoms with Crippen molar-refractivity contribution in [2.75, 3.05) is 5.32 Å². The van der Waals surface area contributed by atoms with E-state index in [1.807, 2.05) is 19.9 Å². The number of rotatable bonds is 4. The maximum Gasteiger partial charge on any atom is 0.131 e. The molecule has 0 radical (unpaired) electrons. The first-order valence-corrected chi connectivity index (χ1v) is 11.7. The van der Waals surface area contributed by atoms with Crippen LogP contribution < -0.4 is 5.32 Å². The van der Waals surface area contributed by atoms with Crippen LogP contribution in [0.25, 0.3) is 10.2 Å². The first kappa shape index (κ1) is 20.6. The highest BCUT2D eigenvalue weighted by Crippen LogP contribution is 2.44. The van der Waals surface area contributed by atoms with E-state index in [4.69, 9.17) is 11.6 Å². The van der Waals surface area contributed by atoms with Crippen LogP contribution in [0.2, 0.25) is 5.15 Å². The Kier molecular flexibility index (Phi) is 7.12. The van der Waals surface area contributed by atoms with Crippen molar-refractivity contribution in [2.45, 2.75) is 65.1 Å². The molecule has 146 valence electrons. The largest absolute Gasteiger partial charge is 0.379 e. The van der Waals surface area contributed by atoms with Gasteiger partial charge in [-0.05, 0) is 55.5 Å². The number of hydrogen-bond donors (Lipinski definition) is 1. The molecule has 3 heterocycles. The molecule has 4 rings (SSSR count). The second-order valence-electron chi connectivity index (χ2n) is 6.66. The molecule has 0 aromatic carbocycles. The summed E-state index contributed by atoms with van der Waals surface area (Å²) in [6.45, 7) is 6.87. The van der Waals surface area contributed by atoms with Gasteiger partial charge in [0.1, 0.15) is 11.3 Å². The zero-order valence-corrected chi connectivity index (χ0v) is 18.4. The van der Waals surface area contributed by atoms with Gasteiger partial charge >= 0.3 is 0 Å². The first-order valence-electron chi connectivity index (χ1n) is 9.61. The monoisotopic (exact) mass is 424 g/mol. The number of thiophene rings is 2. The third-order valence-corrected chi connectivity index (χ3v) is 7.44. The Labute approximate surface area is 173 Å². The summed E-state index contributed by atoms with van der Waals surface area (Å²) in [6, 6.07) is 6.07. The number of pyridine rings is 1. The number of halogens is 2. The highest BCUT2D eigenvalue weighted by atomic mass is 35.5. The van der Waals surface area contributed by atoms with Crippen molar-refractivity contribution >= 4 is 50.2 Å². The summed E-state index contributed by atoms with van der Waals surface area (Å²) in [5.41, 5.74) is 3.15. The second kappa shape index (κ2) is 9.35. The standard InChI is InChI=1S/C19H20ClFN2S2.C2H6/c1-11-17-19(25-18(11)12-4-2-5-13(21)8-12)15(9-16(20)23-17)22-10-14-6-3-7-24-14;1-2/h3,6-7,9,12-13H,2,4-5,8,10H2,1H3,(H,22,23);1-2H3. The van der Waals surface area contributed by atoms with Crippen LogP contribution in [0.15, 0.2) is 23.6 Å². The molecule has 2 nitrogen and oxygen atoms in total. The molecule has 3 aromatic rings. The van der Waals surface area contributed by atoms with E-state index in [0.717, 1.165) is 35.3 Å². The highest BCUT2D eigenvalue weighted by molar-refractivity contribution is 7.20. The van der Waals surface area contributed by atoms with Gasteiger partial charge in [-0.2, -0.15) is 0 Å². The Morgan fingerprint density at radius 2 is 2.15 bits per heavy atom. The number of hydrogen-bond acceptors (Lipinski definition) is 4. The van der Waals surface area contributed by atoms with E-state index in [2.05, 4.69) is 34.7 Å². The third kappa shape index (κ3) is 4.64. The molecule has 0 amide bonds. The maximum absolute atomic E-state index is 13.9. The molecule has 1 N–H and O–H groups in total. The average molecular weight is 425 g/mol. The summed E-state index contributed by atoms with van der Waals surface area (Å²) in [5.74, 6) is 0.312. The zero-order chi connectivity index (χ0) is 19.4. The number of aryl methyl sites for hydroxylation is 1. The van der Waals surface area contributed by atoms with Crippen molar-refractivity contribution in [3.05, 3.63) is 44.1 Å². The van der Waals surface area contributed by atoms with Crippen LogP contribution in [-0.4, -0.2) is 11.2 Å². The van der Waals surface area contributed by atoms with Gasteiger partial charge in [0.15, 0.2) is 0 Å². The number of nitrogens with zero attached hydrogens (tertiary/aromatic N) is 1. The van der Waals surface area contributed by atoms with Gasteiger partial charge < -0.3 is 5.32 Å². The van der Waals surface area contributed by atoms with Crippen molar-refractivity contribution in [3.8, 4) is 0 Å². The van der Waals surface area contributed by atoms with E-state index in [9.17, 15) is 4.39 Å². The van der Waals surface area contributed by atoms with Crippen molar-refractivity contribution in [1.82, 2.24) is 4.98 Å². The van der Waals surface area contributed by atoms with Gasteiger partial charge in [0, 0.05) is 22.4 Å². The van der Waals surface area contributed by atoms with E-state index < -0.39 is 6.17 Å². The van der Waals surface area contributed by atoms with Crippen molar-refractivity contribution in [2.24, 2.45) is 0 Å². The van der Waals surface area contributed by atoms with Gasteiger partial charge in [0.25, 0.3) is 0 Å². The molecule has 0 spiro atoms. The van der Waals surface area contributed by atoms with Crippen LogP contribution in [0, 0.1) is 6.92 Å². The van der Waals surface area contributed by atoms with Gasteiger partial charge in [0.2, 0.25) is 0 Å². The molecule has 2 atom stereocenters. The van der Waals surface area contributed by atoms with E-state index >= 15 is 0 Å². The van der Waals surface area contributed by atoms with Crippen molar-refractivity contribution in [3.63, 3.8) is 0 Å². The lowest BCUT2D eigenvalue weighted by molar-refractivity contribution is 0.232. The van der Waals surface area contributed by atoms with E-state index in [1.54, 1.807) is 22.7 Å². The summed E-state index contributed by atoms with van der Waals surface area (Å²) < 4.78 is 15.0. The molecule has 0 aliphatic heterocycles. The van der Waals surface area contributed by atoms with Gasteiger partial charge in [-0.25, -0.2) is 9.37 Å². The minimum absolute atomic E-state index is 0.312. The van der Waals surface area contributed by atoms with E-state index in [1.165, 1.54) is 15.3 Å². The van der Waals surface area contributed by atoms with Crippen molar-refractivity contribution in [1.29, 1.82) is 0 Å². The highest BCUT2D eigenvalue weighted by Gasteiger charge is 2.27. The number of fused-ring (bicyclic) bond motifs is 1. The van der Waals surface area contributed by atoms with Crippen LogP contribution in [0.4, 0.5) is 10.1 Å². The fraction of sp³-hybridized carbons (Fsp3) is 0.476. The average Bonchev–Trinajstić information content (AvgIpc) is 3.30. The van der Waals surface area contributed by atoms with Crippen LogP contribution in [0.1, 0.15) is 60.8 Å². The first-order chi connectivity index (χ1) is 13.1. The molecule has 0 bridgehead atoms. The molecule has 1 aliphatic rings. The maximum atomic E-state index is 13.9. The number of alkyl halides is 1. The minimum Gasteiger partial charge on any atom is -0.379 e. The Bertz CT molecular complexity index is 876. The Morgan fingerprint density at radius 3 is 2.85 bits per heavy atom. The lowest BCUT2D eigenvalue weighted by atomic mass is 9.86. The van der Waals surface area contributed by atoms with Crippen LogP contribution in [0.5, 0.6) is 0 Å². The van der Waals surface area contributed by atoms with E-state index in [-0.39, 0.29) is 0 Å². The molecule has 0 saturated heterocycles. The molecule has 6 heteroatoms. The smallest absolute Gasteiger partial charge is 0.131 e. The Morgan fingerprint density at radius 1 is 1.33 bits per heavy atom. The van der Waals surface area contributed by atoms with Crippen LogP contribution in [-0.2, 0) is 6.54 Å². The molecular weight excluding hydrogens is 399 g/mol. The number of anilines is 1. The lowest BCUT2D eigenvalue weighted by Crippen LogP contribution is -2.14. The summed E-state index contributed by atoms with van der Waals surface area (Å²) in [7, 11) is 0. The summed E-state index contributed by atoms with van der Waals surface area (Å²) in [5, 5.41) is 6.09. The van der Waals surface area contributed by atoms with Gasteiger partial charge in [-0.15, -0.1) is 22.7 Å². The fourth-order valence-corrected chi connectivity index (χ4v) is 5.87. The fourth-order valence-electron chi connectivity index (χ4n) is 3.65. The van der Waals surface area contributed by atoms with Gasteiger partial charge in [-0.3, -0.25) is 0 Å². The topological polar surface area (TPSA) is 24.9 Å². The molecule has 1 saturated carbocycles. The molecule has 3 aromatic heterocycles. The molecular formula is C21H26ClFN2S2. The molecule has 2 unspecified atom stereocenters. The van der Waals surface area contributed by atoms with Gasteiger partial charge in [0.05, 0.1) is 15.9 Å². The van der Waals surface area contributed by atoms with Gasteiger partial charge in [-0.1, -0.05) is 31.5 Å². The zero-order valence-electron chi connectivity index (χ0n) is 16.0. The number of aromatic nitrogens is 1.